The van der Waals surface area contributed by atoms with Crippen molar-refractivity contribution in [3.8, 4) is 11.5 Å². The highest BCUT2D eigenvalue weighted by atomic mass is 16.3. The third kappa shape index (κ3) is 6.47. The molecule has 1 aliphatic rings. The number of pyridine rings is 1. The third-order valence-corrected chi connectivity index (χ3v) is 5.25. The maximum absolute atomic E-state index is 12.5. The first-order valence-corrected chi connectivity index (χ1v) is 11.0. The van der Waals surface area contributed by atoms with Crippen LogP contribution in [0.25, 0.3) is 11.5 Å². The van der Waals surface area contributed by atoms with Crippen LogP contribution in [0.5, 0.6) is 0 Å². The number of hydrogen-bond acceptors (Lipinski definition) is 6. The lowest BCUT2D eigenvalue weighted by atomic mass is 9.99. The van der Waals surface area contributed by atoms with Crippen molar-refractivity contribution < 1.29 is 9.90 Å². The fourth-order valence-electron chi connectivity index (χ4n) is 3.79. The molecule has 0 radical (unpaired) electrons. The van der Waals surface area contributed by atoms with Crippen LogP contribution in [0.3, 0.4) is 0 Å². The van der Waals surface area contributed by atoms with Crippen molar-refractivity contribution >= 4 is 11.7 Å². The van der Waals surface area contributed by atoms with Gasteiger partial charge in [0.25, 0.3) is 0 Å². The number of hydrogen-bond donors (Lipinski definition) is 2. The summed E-state index contributed by atoms with van der Waals surface area (Å²) in [4.78, 5) is 28.5. The van der Waals surface area contributed by atoms with E-state index in [-0.39, 0.29) is 18.0 Å². The first-order chi connectivity index (χ1) is 14.4. The van der Waals surface area contributed by atoms with Gasteiger partial charge in [-0.25, -0.2) is 9.97 Å². The molecule has 3 rings (SSSR count). The second kappa shape index (κ2) is 8.91. The molecular weight excluding hydrogens is 390 g/mol. The van der Waals surface area contributed by atoms with Gasteiger partial charge in [-0.05, 0) is 84.4 Å². The highest BCUT2D eigenvalue weighted by Crippen LogP contribution is 2.30. The highest BCUT2D eigenvalue weighted by molar-refractivity contribution is 5.82. The quantitative estimate of drug-likeness (QED) is 0.708. The van der Waals surface area contributed by atoms with Crippen molar-refractivity contribution in [3.63, 3.8) is 0 Å². The average molecular weight is 426 g/mol. The van der Waals surface area contributed by atoms with Crippen LogP contribution in [0.2, 0.25) is 0 Å². The molecule has 0 saturated heterocycles. The summed E-state index contributed by atoms with van der Waals surface area (Å²) >= 11 is 0. The summed E-state index contributed by atoms with van der Waals surface area (Å²) in [5.41, 5.74) is 3.01. The molecule has 0 unspecified atom stereocenters. The normalized spacial score (nSPS) is 13.8. The van der Waals surface area contributed by atoms with Crippen LogP contribution in [0.15, 0.2) is 18.3 Å². The SMILES string of the molecule is CN(CC(=O)NC(C)(C)C)c1nc(-c2cc(CCC(C)(C)O)ccn2)nc2c1CCC2. The number of amides is 1. The molecule has 0 fully saturated rings. The number of nitrogens with one attached hydrogen (secondary N) is 1. The van der Waals surface area contributed by atoms with Gasteiger partial charge in [0.05, 0.1) is 12.1 Å². The van der Waals surface area contributed by atoms with Gasteiger partial charge in [0.2, 0.25) is 5.91 Å². The Kier molecular flexibility index (Phi) is 6.65. The first-order valence-electron chi connectivity index (χ1n) is 11.0. The number of nitrogens with zero attached hydrogens (tertiary/aromatic N) is 4. The van der Waals surface area contributed by atoms with Crippen LogP contribution in [0.1, 0.15) is 64.3 Å². The van der Waals surface area contributed by atoms with E-state index in [0.29, 0.717) is 12.2 Å². The number of likely N-dealkylation sites (N-methyl/N-ethyl adjacent to an activating group) is 1. The van der Waals surface area contributed by atoms with Crippen LogP contribution in [-0.2, 0) is 24.1 Å². The van der Waals surface area contributed by atoms with Gasteiger partial charge in [0.15, 0.2) is 5.82 Å². The Labute approximate surface area is 185 Å². The Hall–Kier alpha value is -2.54. The second-order valence-corrected chi connectivity index (χ2v) is 10.2. The van der Waals surface area contributed by atoms with E-state index >= 15 is 0 Å². The Morgan fingerprint density at radius 1 is 1.19 bits per heavy atom. The minimum Gasteiger partial charge on any atom is -0.390 e. The van der Waals surface area contributed by atoms with E-state index in [0.717, 1.165) is 54.0 Å². The van der Waals surface area contributed by atoms with Crippen LogP contribution < -0.4 is 10.2 Å². The summed E-state index contributed by atoms with van der Waals surface area (Å²) in [6.07, 6.45) is 6.07. The largest absolute Gasteiger partial charge is 0.390 e. The third-order valence-electron chi connectivity index (χ3n) is 5.25. The topological polar surface area (TPSA) is 91.2 Å². The molecule has 2 heterocycles. The number of carbonyl (C=O) groups is 1. The van der Waals surface area contributed by atoms with Crippen molar-refractivity contribution in [2.45, 2.75) is 77.9 Å². The van der Waals surface area contributed by atoms with Crippen molar-refractivity contribution in [3.05, 3.63) is 35.2 Å². The van der Waals surface area contributed by atoms with Gasteiger partial charge < -0.3 is 15.3 Å². The molecule has 1 amide bonds. The van der Waals surface area contributed by atoms with E-state index in [1.165, 1.54) is 0 Å². The molecule has 168 valence electrons. The monoisotopic (exact) mass is 425 g/mol. The summed E-state index contributed by atoms with van der Waals surface area (Å²) < 4.78 is 0. The number of aliphatic hydroxyl groups is 1. The zero-order valence-electron chi connectivity index (χ0n) is 19.6. The van der Waals surface area contributed by atoms with E-state index in [4.69, 9.17) is 9.97 Å². The van der Waals surface area contributed by atoms with Gasteiger partial charge in [-0.1, -0.05) is 0 Å². The molecule has 0 atom stereocenters. The Balaban J connectivity index is 1.87. The molecule has 0 spiro atoms. The molecule has 2 aromatic rings. The molecule has 7 heteroatoms. The molecule has 7 nitrogen and oxygen atoms in total. The van der Waals surface area contributed by atoms with E-state index in [2.05, 4.69) is 10.3 Å². The molecule has 2 aromatic heterocycles. The minimum atomic E-state index is -0.711. The number of carbonyl (C=O) groups excluding carboxylic acids is 1. The van der Waals surface area contributed by atoms with Gasteiger partial charge >= 0.3 is 0 Å². The fraction of sp³-hybridized carbons (Fsp3) is 0.583. The number of anilines is 1. The summed E-state index contributed by atoms with van der Waals surface area (Å²) in [5, 5.41) is 13.0. The smallest absolute Gasteiger partial charge is 0.239 e. The second-order valence-electron chi connectivity index (χ2n) is 10.2. The fourth-order valence-corrected chi connectivity index (χ4v) is 3.79. The van der Waals surface area contributed by atoms with E-state index in [1.54, 1.807) is 6.20 Å². The highest BCUT2D eigenvalue weighted by Gasteiger charge is 2.24. The molecule has 0 saturated carbocycles. The maximum Gasteiger partial charge on any atom is 0.239 e. The molecular formula is C24H35N5O2. The predicted molar refractivity (Wildman–Crippen MR) is 123 cm³/mol. The zero-order chi connectivity index (χ0) is 22.8. The van der Waals surface area contributed by atoms with Gasteiger partial charge in [0, 0.05) is 30.0 Å². The lowest BCUT2D eigenvalue weighted by Crippen LogP contribution is -2.45. The van der Waals surface area contributed by atoms with Crippen molar-refractivity contribution in [1.82, 2.24) is 20.3 Å². The molecule has 1 aliphatic carbocycles. The Morgan fingerprint density at radius 2 is 1.94 bits per heavy atom. The number of rotatable bonds is 7. The average Bonchev–Trinajstić information content (AvgIpc) is 3.12. The van der Waals surface area contributed by atoms with Crippen LogP contribution in [0, 0.1) is 0 Å². The van der Waals surface area contributed by atoms with Crippen molar-refractivity contribution in [1.29, 1.82) is 0 Å². The summed E-state index contributed by atoms with van der Waals surface area (Å²) in [5.74, 6) is 1.36. The van der Waals surface area contributed by atoms with Crippen molar-refractivity contribution in [2.24, 2.45) is 0 Å². The van der Waals surface area contributed by atoms with Crippen molar-refractivity contribution in [2.75, 3.05) is 18.5 Å². The predicted octanol–water partition coefficient (Wildman–Crippen LogP) is 3.08. The molecule has 31 heavy (non-hydrogen) atoms. The lowest BCUT2D eigenvalue weighted by molar-refractivity contribution is -0.121. The number of aryl methyl sites for hydroxylation is 2. The first kappa shape index (κ1) is 23.1. The molecule has 0 bridgehead atoms. The van der Waals surface area contributed by atoms with Gasteiger partial charge in [-0.15, -0.1) is 0 Å². The summed E-state index contributed by atoms with van der Waals surface area (Å²) in [6, 6.07) is 3.96. The number of aromatic nitrogens is 3. The van der Waals surface area contributed by atoms with E-state index in [1.807, 2.05) is 58.7 Å². The standard InChI is InChI=1S/C24H35N5O2/c1-23(2,3)28-20(30)15-29(6)22-17-8-7-9-18(17)26-21(27-22)19-14-16(11-13-25-19)10-12-24(4,5)31/h11,13-14,31H,7-10,12,15H2,1-6H3,(H,28,30). The molecule has 0 aliphatic heterocycles. The minimum absolute atomic E-state index is 0.0337. The van der Waals surface area contributed by atoms with Gasteiger partial charge in [-0.2, -0.15) is 0 Å². The maximum atomic E-state index is 12.5. The number of fused-ring (bicyclic) bond motifs is 1. The molecule has 2 N–H and O–H groups in total. The Bertz CT molecular complexity index is 944. The Morgan fingerprint density at radius 3 is 2.61 bits per heavy atom. The van der Waals surface area contributed by atoms with Crippen LogP contribution in [-0.4, -0.2) is 50.7 Å². The van der Waals surface area contributed by atoms with Crippen LogP contribution >= 0.6 is 0 Å². The summed E-state index contributed by atoms with van der Waals surface area (Å²) in [6.45, 7) is 9.79. The van der Waals surface area contributed by atoms with Gasteiger partial charge in [0.1, 0.15) is 11.5 Å². The summed E-state index contributed by atoms with van der Waals surface area (Å²) in [7, 11) is 1.90. The van der Waals surface area contributed by atoms with E-state index in [9.17, 15) is 9.90 Å². The molecule has 0 aromatic carbocycles. The lowest BCUT2D eigenvalue weighted by Gasteiger charge is -2.25. The van der Waals surface area contributed by atoms with Gasteiger partial charge in [-0.3, -0.25) is 9.78 Å². The zero-order valence-corrected chi connectivity index (χ0v) is 19.6. The van der Waals surface area contributed by atoms with Crippen LogP contribution in [0.4, 0.5) is 5.82 Å². The van der Waals surface area contributed by atoms with E-state index < -0.39 is 5.60 Å².